The summed E-state index contributed by atoms with van der Waals surface area (Å²) in [5.41, 5.74) is -0.0671. The molecule has 0 aliphatic rings. The fourth-order valence-corrected chi connectivity index (χ4v) is 1.15. The standard InChI is InChI=1S/C5H5BrF2N2/c1-10-2-3(5(7)8)4(6)9-10/h2,5H,1H3. The van der Waals surface area contributed by atoms with Gasteiger partial charge in [-0.1, -0.05) is 0 Å². The first kappa shape index (κ1) is 7.65. The van der Waals surface area contributed by atoms with E-state index in [1.807, 2.05) is 0 Å². The summed E-state index contributed by atoms with van der Waals surface area (Å²) in [4.78, 5) is 0. The number of halogens is 3. The molecule has 1 aromatic heterocycles. The van der Waals surface area contributed by atoms with Crippen molar-refractivity contribution in [2.75, 3.05) is 0 Å². The molecule has 0 aliphatic heterocycles. The number of rotatable bonds is 1. The van der Waals surface area contributed by atoms with E-state index in [1.165, 1.54) is 10.9 Å². The zero-order valence-corrected chi connectivity index (χ0v) is 6.77. The van der Waals surface area contributed by atoms with Gasteiger partial charge in [0.2, 0.25) is 0 Å². The van der Waals surface area contributed by atoms with E-state index in [1.54, 1.807) is 7.05 Å². The molecule has 0 radical (unpaired) electrons. The molecule has 1 heterocycles. The lowest BCUT2D eigenvalue weighted by atomic mass is 10.4. The van der Waals surface area contributed by atoms with Crippen LogP contribution in [0.25, 0.3) is 0 Å². The van der Waals surface area contributed by atoms with E-state index in [4.69, 9.17) is 0 Å². The van der Waals surface area contributed by atoms with Gasteiger partial charge in [0.05, 0.1) is 5.56 Å². The van der Waals surface area contributed by atoms with Crippen molar-refractivity contribution in [3.05, 3.63) is 16.4 Å². The number of hydrogen-bond donors (Lipinski definition) is 0. The Hall–Kier alpha value is -0.450. The molecule has 0 fully saturated rings. The highest BCUT2D eigenvalue weighted by molar-refractivity contribution is 9.10. The Labute approximate surface area is 65.0 Å². The van der Waals surface area contributed by atoms with Gasteiger partial charge in [-0.25, -0.2) is 8.78 Å². The van der Waals surface area contributed by atoms with Crippen LogP contribution in [0.4, 0.5) is 8.78 Å². The lowest BCUT2D eigenvalue weighted by Gasteiger charge is -1.90. The molecule has 0 aromatic carbocycles. The van der Waals surface area contributed by atoms with Gasteiger partial charge in [-0.2, -0.15) is 5.10 Å². The second-order valence-electron chi connectivity index (χ2n) is 1.85. The van der Waals surface area contributed by atoms with Gasteiger partial charge < -0.3 is 0 Å². The third kappa shape index (κ3) is 1.34. The summed E-state index contributed by atoms with van der Waals surface area (Å²) in [6.45, 7) is 0. The van der Waals surface area contributed by atoms with Gasteiger partial charge in [0.1, 0.15) is 4.60 Å². The van der Waals surface area contributed by atoms with E-state index in [-0.39, 0.29) is 10.2 Å². The van der Waals surface area contributed by atoms with Crippen molar-refractivity contribution in [1.82, 2.24) is 9.78 Å². The molecule has 5 heteroatoms. The predicted octanol–water partition coefficient (Wildman–Crippen LogP) is 2.12. The summed E-state index contributed by atoms with van der Waals surface area (Å²) < 4.78 is 25.5. The fraction of sp³-hybridized carbons (Fsp3) is 0.400. The van der Waals surface area contributed by atoms with Crippen molar-refractivity contribution in [1.29, 1.82) is 0 Å². The lowest BCUT2D eigenvalue weighted by molar-refractivity contribution is 0.150. The average Bonchev–Trinajstić information content (AvgIpc) is 2.10. The summed E-state index contributed by atoms with van der Waals surface area (Å²) in [6, 6.07) is 0. The minimum absolute atomic E-state index is 0.0671. The van der Waals surface area contributed by atoms with Crippen molar-refractivity contribution >= 4 is 15.9 Å². The third-order valence-electron chi connectivity index (χ3n) is 1.04. The molecule has 0 saturated heterocycles. The first-order valence-electron chi connectivity index (χ1n) is 2.58. The highest BCUT2D eigenvalue weighted by Crippen LogP contribution is 2.25. The van der Waals surface area contributed by atoms with Gasteiger partial charge in [-0.3, -0.25) is 4.68 Å². The van der Waals surface area contributed by atoms with Crippen LogP contribution < -0.4 is 0 Å². The molecular formula is C5H5BrF2N2. The van der Waals surface area contributed by atoms with Crippen LogP contribution in [0.2, 0.25) is 0 Å². The second kappa shape index (κ2) is 2.65. The summed E-state index contributed by atoms with van der Waals surface area (Å²) in [5.74, 6) is 0. The number of hydrogen-bond acceptors (Lipinski definition) is 1. The number of aryl methyl sites for hydroxylation is 1. The largest absolute Gasteiger partial charge is 0.274 e. The van der Waals surface area contributed by atoms with Gasteiger partial charge in [0.15, 0.2) is 0 Å². The highest BCUT2D eigenvalue weighted by atomic mass is 79.9. The van der Waals surface area contributed by atoms with E-state index < -0.39 is 6.43 Å². The molecule has 0 atom stereocenters. The third-order valence-corrected chi connectivity index (χ3v) is 1.66. The fourth-order valence-electron chi connectivity index (χ4n) is 0.626. The van der Waals surface area contributed by atoms with Crippen LogP contribution in [-0.4, -0.2) is 9.78 Å². The zero-order chi connectivity index (χ0) is 7.72. The average molecular weight is 211 g/mol. The van der Waals surface area contributed by atoms with Crippen LogP contribution in [-0.2, 0) is 7.05 Å². The molecule has 0 amide bonds. The topological polar surface area (TPSA) is 17.8 Å². The van der Waals surface area contributed by atoms with E-state index in [0.717, 1.165) is 0 Å². The molecule has 2 nitrogen and oxygen atoms in total. The number of aromatic nitrogens is 2. The van der Waals surface area contributed by atoms with Gasteiger partial charge in [0.25, 0.3) is 6.43 Å². The van der Waals surface area contributed by atoms with E-state index in [2.05, 4.69) is 21.0 Å². The van der Waals surface area contributed by atoms with E-state index in [9.17, 15) is 8.78 Å². The molecular weight excluding hydrogens is 206 g/mol. The summed E-state index contributed by atoms with van der Waals surface area (Å²) in [7, 11) is 1.59. The Morgan fingerprint density at radius 1 is 1.70 bits per heavy atom. The molecule has 0 unspecified atom stereocenters. The molecule has 0 saturated carbocycles. The Balaban J connectivity index is 3.03. The van der Waals surface area contributed by atoms with Crippen LogP contribution >= 0.6 is 15.9 Å². The summed E-state index contributed by atoms with van der Waals surface area (Å²) in [5, 5.41) is 3.69. The SMILES string of the molecule is Cn1cc(C(F)F)c(Br)n1. The Morgan fingerprint density at radius 3 is 2.50 bits per heavy atom. The molecule has 0 N–H and O–H groups in total. The lowest BCUT2D eigenvalue weighted by Crippen LogP contribution is -1.85. The normalized spacial score (nSPS) is 10.9. The maximum Gasteiger partial charge on any atom is 0.267 e. The van der Waals surface area contributed by atoms with Gasteiger partial charge in [0, 0.05) is 13.2 Å². The Kier molecular flexibility index (Phi) is 2.03. The molecule has 1 rings (SSSR count). The Bertz CT molecular complexity index is 234. The van der Waals surface area contributed by atoms with Crippen LogP contribution in [0.1, 0.15) is 12.0 Å². The number of nitrogens with zero attached hydrogens (tertiary/aromatic N) is 2. The maximum atomic E-state index is 12.0. The molecule has 1 aromatic rings. The van der Waals surface area contributed by atoms with Crippen LogP contribution in [0, 0.1) is 0 Å². The molecule has 56 valence electrons. The van der Waals surface area contributed by atoms with Crippen molar-refractivity contribution < 1.29 is 8.78 Å². The minimum Gasteiger partial charge on any atom is -0.274 e. The highest BCUT2D eigenvalue weighted by Gasteiger charge is 2.13. The second-order valence-corrected chi connectivity index (χ2v) is 2.60. The smallest absolute Gasteiger partial charge is 0.267 e. The van der Waals surface area contributed by atoms with Crippen molar-refractivity contribution in [2.24, 2.45) is 7.05 Å². The van der Waals surface area contributed by atoms with Crippen molar-refractivity contribution in [3.8, 4) is 0 Å². The zero-order valence-electron chi connectivity index (χ0n) is 5.18. The van der Waals surface area contributed by atoms with Crippen molar-refractivity contribution in [2.45, 2.75) is 6.43 Å². The maximum absolute atomic E-state index is 12.0. The molecule has 0 spiro atoms. The van der Waals surface area contributed by atoms with Crippen molar-refractivity contribution in [3.63, 3.8) is 0 Å². The number of alkyl halides is 2. The predicted molar refractivity (Wildman–Crippen MR) is 35.9 cm³/mol. The molecule has 10 heavy (non-hydrogen) atoms. The van der Waals surface area contributed by atoms with Crippen LogP contribution in [0.3, 0.4) is 0 Å². The quantitative estimate of drug-likeness (QED) is 0.695. The van der Waals surface area contributed by atoms with E-state index in [0.29, 0.717) is 0 Å². The summed E-state index contributed by atoms with van der Waals surface area (Å²) in [6.07, 6.45) is -1.17. The van der Waals surface area contributed by atoms with E-state index >= 15 is 0 Å². The van der Waals surface area contributed by atoms with Gasteiger partial charge >= 0.3 is 0 Å². The van der Waals surface area contributed by atoms with Gasteiger partial charge in [-0.05, 0) is 15.9 Å². The minimum atomic E-state index is -2.46. The molecule has 0 aliphatic carbocycles. The summed E-state index contributed by atoms with van der Waals surface area (Å²) >= 11 is 2.91. The first-order chi connectivity index (χ1) is 4.61. The monoisotopic (exact) mass is 210 g/mol. The Morgan fingerprint density at radius 2 is 2.30 bits per heavy atom. The first-order valence-corrected chi connectivity index (χ1v) is 3.37. The van der Waals surface area contributed by atoms with Crippen LogP contribution in [0.5, 0.6) is 0 Å². The van der Waals surface area contributed by atoms with Gasteiger partial charge in [-0.15, -0.1) is 0 Å². The molecule has 0 bridgehead atoms. The van der Waals surface area contributed by atoms with Crippen LogP contribution in [0.15, 0.2) is 10.8 Å².